The third-order valence-corrected chi connectivity index (χ3v) is 5.49. The standard InChI is InChI=1S/C20H21N7O/c21-20-24-17-5-4-13(11-27(17)25-20)19-23-15-8-14(22-10-12-2-3-12)9-16-18(15)26(19)6-1-7-28-16/h4-5,8-9,11-12,22H,1-3,6-7,10H2,(H2,21,25). The minimum Gasteiger partial charge on any atom is -0.491 e. The van der Waals surface area contributed by atoms with E-state index in [1.807, 2.05) is 18.3 Å². The average molecular weight is 375 g/mol. The molecule has 1 saturated carbocycles. The van der Waals surface area contributed by atoms with Gasteiger partial charge in [0.05, 0.1) is 12.1 Å². The van der Waals surface area contributed by atoms with E-state index in [-0.39, 0.29) is 5.95 Å². The van der Waals surface area contributed by atoms with Crippen molar-refractivity contribution in [2.75, 3.05) is 24.2 Å². The summed E-state index contributed by atoms with van der Waals surface area (Å²) in [6.07, 6.45) is 5.52. The number of nitrogens with two attached hydrogens (primary N) is 1. The van der Waals surface area contributed by atoms with Crippen LogP contribution in [0.1, 0.15) is 19.3 Å². The van der Waals surface area contributed by atoms with Crippen LogP contribution >= 0.6 is 0 Å². The number of aryl methyl sites for hydroxylation is 1. The quantitative estimate of drug-likeness (QED) is 0.569. The molecule has 0 atom stereocenters. The largest absolute Gasteiger partial charge is 0.491 e. The highest BCUT2D eigenvalue weighted by Gasteiger charge is 2.23. The second-order valence-corrected chi connectivity index (χ2v) is 7.65. The monoisotopic (exact) mass is 375 g/mol. The summed E-state index contributed by atoms with van der Waals surface area (Å²) < 4.78 is 10.0. The number of rotatable bonds is 4. The molecular formula is C20H21N7O. The third kappa shape index (κ3) is 2.56. The Bertz CT molecular complexity index is 1200. The number of pyridine rings is 1. The van der Waals surface area contributed by atoms with Crippen molar-refractivity contribution in [2.45, 2.75) is 25.8 Å². The summed E-state index contributed by atoms with van der Waals surface area (Å²) >= 11 is 0. The van der Waals surface area contributed by atoms with Crippen LogP contribution in [0.25, 0.3) is 28.1 Å². The molecule has 2 aliphatic rings. The summed E-state index contributed by atoms with van der Waals surface area (Å²) in [4.78, 5) is 9.16. The molecule has 1 fully saturated rings. The van der Waals surface area contributed by atoms with Crippen LogP contribution in [0.4, 0.5) is 11.6 Å². The molecule has 0 bridgehead atoms. The Kier molecular flexibility index (Phi) is 3.29. The van der Waals surface area contributed by atoms with Crippen LogP contribution in [0.5, 0.6) is 5.75 Å². The lowest BCUT2D eigenvalue weighted by Crippen LogP contribution is -2.03. The van der Waals surface area contributed by atoms with E-state index in [0.717, 1.165) is 64.9 Å². The van der Waals surface area contributed by atoms with Crippen LogP contribution in [0.15, 0.2) is 30.5 Å². The molecule has 28 heavy (non-hydrogen) atoms. The van der Waals surface area contributed by atoms with Gasteiger partial charge in [0, 0.05) is 36.6 Å². The van der Waals surface area contributed by atoms with E-state index >= 15 is 0 Å². The van der Waals surface area contributed by atoms with Crippen molar-refractivity contribution in [3.05, 3.63) is 30.5 Å². The first-order valence-corrected chi connectivity index (χ1v) is 9.78. The number of anilines is 2. The Morgan fingerprint density at radius 2 is 2.14 bits per heavy atom. The van der Waals surface area contributed by atoms with Gasteiger partial charge in [-0.3, -0.25) is 0 Å². The second-order valence-electron chi connectivity index (χ2n) is 7.65. The number of ether oxygens (including phenoxy) is 1. The average Bonchev–Trinajstić information content (AvgIpc) is 3.39. The minimum atomic E-state index is 0.269. The predicted octanol–water partition coefficient (Wildman–Crippen LogP) is 2.93. The van der Waals surface area contributed by atoms with E-state index in [1.165, 1.54) is 12.8 Å². The van der Waals surface area contributed by atoms with Gasteiger partial charge in [-0.2, -0.15) is 4.98 Å². The third-order valence-electron chi connectivity index (χ3n) is 5.49. The van der Waals surface area contributed by atoms with Crippen LogP contribution in [0.3, 0.4) is 0 Å². The topological polar surface area (TPSA) is 95.3 Å². The number of hydrogen-bond donors (Lipinski definition) is 2. The SMILES string of the molecule is Nc1nc2ccc(-c3nc4cc(NCC5CC5)cc5c4n3CCCO5)cn2n1. The zero-order chi connectivity index (χ0) is 18.7. The maximum atomic E-state index is 6.06. The second kappa shape index (κ2) is 5.85. The Morgan fingerprint density at radius 3 is 3.04 bits per heavy atom. The fourth-order valence-corrected chi connectivity index (χ4v) is 3.90. The van der Waals surface area contributed by atoms with Crippen LogP contribution in [0, 0.1) is 5.92 Å². The molecular weight excluding hydrogens is 354 g/mol. The zero-order valence-electron chi connectivity index (χ0n) is 15.4. The minimum absolute atomic E-state index is 0.269. The number of nitrogens with one attached hydrogen (secondary N) is 1. The van der Waals surface area contributed by atoms with Gasteiger partial charge in [-0.05, 0) is 43.4 Å². The molecule has 142 valence electrons. The first-order valence-electron chi connectivity index (χ1n) is 9.78. The number of benzene rings is 1. The maximum absolute atomic E-state index is 6.06. The number of fused-ring (bicyclic) bond motifs is 1. The molecule has 3 aromatic heterocycles. The van der Waals surface area contributed by atoms with Crippen LogP contribution in [-0.4, -0.2) is 37.3 Å². The highest BCUT2D eigenvalue weighted by Crippen LogP contribution is 2.36. The molecule has 1 aromatic carbocycles. The molecule has 0 saturated heterocycles. The Hall–Kier alpha value is -3.29. The van der Waals surface area contributed by atoms with Crippen LogP contribution in [0.2, 0.25) is 0 Å². The van der Waals surface area contributed by atoms with Crippen LogP contribution in [-0.2, 0) is 6.54 Å². The molecule has 1 aliphatic heterocycles. The molecule has 1 aliphatic carbocycles. The summed E-state index contributed by atoms with van der Waals surface area (Å²) in [7, 11) is 0. The molecule has 0 amide bonds. The highest BCUT2D eigenvalue weighted by molar-refractivity contribution is 5.89. The Morgan fingerprint density at radius 1 is 1.21 bits per heavy atom. The van der Waals surface area contributed by atoms with Gasteiger partial charge < -0.3 is 20.4 Å². The summed E-state index contributed by atoms with van der Waals surface area (Å²) in [6, 6.07) is 8.18. The molecule has 4 heterocycles. The highest BCUT2D eigenvalue weighted by atomic mass is 16.5. The van der Waals surface area contributed by atoms with E-state index in [9.17, 15) is 0 Å². The van der Waals surface area contributed by atoms with Gasteiger partial charge in [0.2, 0.25) is 5.95 Å². The molecule has 0 spiro atoms. The molecule has 0 radical (unpaired) electrons. The lowest BCUT2D eigenvalue weighted by atomic mass is 10.2. The molecule has 6 rings (SSSR count). The number of imidazole rings is 1. The summed E-state index contributed by atoms with van der Waals surface area (Å²) in [5, 5.41) is 7.78. The first-order chi connectivity index (χ1) is 13.7. The number of nitrogens with zero attached hydrogens (tertiary/aromatic N) is 5. The molecule has 0 unspecified atom stereocenters. The van der Waals surface area contributed by atoms with Gasteiger partial charge in [0.1, 0.15) is 17.1 Å². The van der Waals surface area contributed by atoms with E-state index in [0.29, 0.717) is 6.61 Å². The smallest absolute Gasteiger partial charge is 0.240 e. The van der Waals surface area contributed by atoms with Crippen molar-refractivity contribution in [2.24, 2.45) is 5.92 Å². The number of nitrogen functional groups attached to an aromatic ring is 1. The van der Waals surface area contributed by atoms with E-state index in [2.05, 4.69) is 32.1 Å². The van der Waals surface area contributed by atoms with Crippen molar-refractivity contribution in [1.29, 1.82) is 0 Å². The van der Waals surface area contributed by atoms with E-state index in [1.54, 1.807) is 4.52 Å². The van der Waals surface area contributed by atoms with Crippen molar-refractivity contribution in [1.82, 2.24) is 24.1 Å². The Labute approximate surface area is 161 Å². The molecule has 4 aromatic rings. The molecule has 8 heteroatoms. The fourth-order valence-electron chi connectivity index (χ4n) is 3.90. The van der Waals surface area contributed by atoms with Crippen molar-refractivity contribution in [3.8, 4) is 17.1 Å². The summed E-state index contributed by atoms with van der Waals surface area (Å²) in [5.74, 6) is 2.89. The number of aromatic nitrogens is 5. The lowest BCUT2D eigenvalue weighted by molar-refractivity contribution is 0.316. The van der Waals surface area contributed by atoms with E-state index < -0.39 is 0 Å². The summed E-state index contributed by atoms with van der Waals surface area (Å²) in [6.45, 7) is 2.59. The van der Waals surface area contributed by atoms with E-state index in [4.69, 9.17) is 15.5 Å². The molecule has 3 N–H and O–H groups in total. The Balaban J connectivity index is 1.50. The summed E-state index contributed by atoms with van der Waals surface area (Å²) in [5.41, 5.74) is 10.5. The van der Waals surface area contributed by atoms with Gasteiger partial charge in [-0.1, -0.05) is 0 Å². The van der Waals surface area contributed by atoms with Gasteiger partial charge in [0.15, 0.2) is 5.65 Å². The van der Waals surface area contributed by atoms with Gasteiger partial charge in [-0.25, -0.2) is 9.50 Å². The van der Waals surface area contributed by atoms with Crippen molar-refractivity contribution in [3.63, 3.8) is 0 Å². The maximum Gasteiger partial charge on any atom is 0.240 e. The lowest BCUT2D eigenvalue weighted by Gasteiger charge is -2.10. The predicted molar refractivity (Wildman–Crippen MR) is 107 cm³/mol. The molecule has 8 nitrogen and oxygen atoms in total. The van der Waals surface area contributed by atoms with Gasteiger partial charge >= 0.3 is 0 Å². The number of hydrogen-bond acceptors (Lipinski definition) is 6. The normalized spacial score (nSPS) is 16.3. The first kappa shape index (κ1) is 15.7. The van der Waals surface area contributed by atoms with Gasteiger partial charge in [0.25, 0.3) is 0 Å². The zero-order valence-corrected chi connectivity index (χ0v) is 15.4. The van der Waals surface area contributed by atoms with Crippen molar-refractivity contribution >= 4 is 28.3 Å². The van der Waals surface area contributed by atoms with Crippen molar-refractivity contribution < 1.29 is 4.74 Å². The fraction of sp³-hybridized carbons (Fsp3) is 0.350. The van der Waals surface area contributed by atoms with Gasteiger partial charge in [-0.15, -0.1) is 5.10 Å². The van der Waals surface area contributed by atoms with Crippen LogP contribution < -0.4 is 15.8 Å².